The Balaban J connectivity index is 1.81. The summed E-state index contributed by atoms with van der Waals surface area (Å²) in [5, 5.41) is 18.1. The number of ether oxygens (including phenoxy) is 1. The van der Waals surface area contributed by atoms with Crippen LogP contribution in [0.2, 0.25) is 0 Å². The number of aromatic nitrogens is 2. The number of benzene rings is 1. The molecule has 1 aromatic carbocycles. The number of rotatable bonds is 5. The van der Waals surface area contributed by atoms with Crippen molar-refractivity contribution in [3.63, 3.8) is 0 Å². The molecule has 3 rings (SSSR count). The second-order valence-corrected chi connectivity index (χ2v) is 7.67. The number of aromatic hydroxyl groups is 1. The van der Waals surface area contributed by atoms with Gasteiger partial charge >= 0.3 is 0 Å². The highest BCUT2D eigenvalue weighted by Crippen LogP contribution is 2.27. The third-order valence-corrected chi connectivity index (χ3v) is 4.83. The van der Waals surface area contributed by atoms with Crippen molar-refractivity contribution in [2.24, 2.45) is 10.8 Å². The molecule has 0 aliphatic carbocycles. The van der Waals surface area contributed by atoms with Gasteiger partial charge in [0.25, 0.3) is 11.5 Å². The number of carbonyl (C=O) groups is 1. The highest BCUT2D eigenvalue weighted by Gasteiger charge is 2.34. The van der Waals surface area contributed by atoms with Gasteiger partial charge < -0.3 is 20.9 Å². The van der Waals surface area contributed by atoms with Crippen molar-refractivity contribution in [3.05, 3.63) is 51.5 Å². The summed E-state index contributed by atoms with van der Waals surface area (Å²) in [6.07, 6.45) is 0. The van der Waals surface area contributed by atoms with E-state index in [9.17, 15) is 19.1 Å². The number of amides is 1. The number of halogens is 1. The number of carbonyl (C=O) groups excluding carboxylic acids is 1. The number of fused-ring (bicyclic) bond motifs is 1. The van der Waals surface area contributed by atoms with Crippen molar-refractivity contribution >= 4 is 17.4 Å². The van der Waals surface area contributed by atoms with Gasteiger partial charge in [0.05, 0.1) is 18.8 Å². The third-order valence-electron chi connectivity index (χ3n) is 4.83. The van der Waals surface area contributed by atoms with Gasteiger partial charge in [0.2, 0.25) is 5.75 Å². The van der Waals surface area contributed by atoms with Crippen LogP contribution in [-0.4, -0.2) is 40.1 Å². The molecule has 1 aliphatic rings. The molecule has 31 heavy (non-hydrogen) atoms. The zero-order valence-corrected chi connectivity index (χ0v) is 17.8. The van der Waals surface area contributed by atoms with Gasteiger partial charge in [-0.3, -0.25) is 19.2 Å². The second kappa shape index (κ2) is 8.34. The molecule has 0 radical (unpaired) electrons. The summed E-state index contributed by atoms with van der Waals surface area (Å²) >= 11 is 0. The lowest BCUT2D eigenvalue weighted by molar-refractivity contribution is -0.0566. The van der Waals surface area contributed by atoms with Crippen molar-refractivity contribution in [1.29, 1.82) is 0 Å². The Morgan fingerprint density at radius 1 is 1.48 bits per heavy atom. The van der Waals surface area contributed by atoms with Crippen LogP contribution in [0, 0.1) is 5.82 Å². The topological polar surface area (TPSA) is 135 Å². The fraction of sp³-hybridized carbons (Fsp3) is 0.400. The van der Waals surface area contributed by atoms with Crippen LogP contribution in [0.3, 0.4) is 0 Å². The van der Waals surface area contributed by atoms with Crippen LogP contribution in [0.25, 0.3) is 0 Å². The summed E-state index contributed by atoms with van der Waals surface area (Å²) in [6, 6.07) is 4.38. The number of hydrogen-bond acceptors (Lipinski definition) is 7. The van der Waals surface area contributed by atoms with Crippen LogP contribution in [-0.2, 0) is 23.4 Å². The second-order valence-electron chi connectivity index (χ2n) is 7.67. The van der Waals surface area contributed by atoms with Gasteiger partial charge in [0.15, 0.2) is 5.69 Å². The molecule has 166 valence electrons. The third kappa shape index (κ3) is 4.50. The lowest BCUT2D eigenvalue weighted by Crippen LogP contribution is -2.42. The maximum absolute atomic E-state index is 14.5. The number of hydrogen-bond donors (Lipinski definition) is 3. The van der Waals surface area contributed by atoms with E-state index >= 15 is 0 Å². The highest BCUT2D eigenvalue weighted by molar-refractivity contribution is 5.94. The average molecular weight is 432 g/mol. The lowest BCUT2D eigenvalue weighted by Gasteiger charge is -2.32. The Bertz CT molecular complexity index is 1110. The largest absolute Gasteiger partial charge is 0.501 e. The Labute approximate surface area is 178 Å². The molecule has 0 fully saturated rings. The minimum Gasteiger partial charge on any atom is -0.501 e. The van der Waals surface area contributed by atoms with Crippen LogP contribution in [0.15, 0.2) is 28.1 Å². The maximum atomic E-state index is 14.5. The summed E-state index contributed by atoms with van der Waals surface area (Å²) in [7, 11) is 1.63. The summed E-state index contributed by atoms with van der Waals surface area (Å²) < 4.78 is 21.4. The van der Waals surface area contributed by atoms with E-state index in [0.717, 1.165) is 0 Å². The van der Waals surface area contributed by atoms with E-state index in [0.29, 0.717) is 11.5 Å². The molecule has 10 nitrogen and oxygen atoms in total. The van der Waals surface area contributed by atoms with E-state index in [2.05, 4.69) is 15.4 Å². The first-order valence-corrected chi connectivity index (χ1v) is 9.60. The maximum Gasteiger partial charge on any atom is 0.296 e. The fourth-order valence-corrected chi connectivity index (χ4v) is 3.26. The van der Waals surface area contributed by atoms with E-state index in [1.165, 1.54) is 21.7 Å². The summed E-state index contributed by atoms with van der Waals surface area (Å²) in [5.74, 6) is -1.57. The zero-order valence-electron chi connectivity index (χ0n) is 17.8. The van der Waals surface area contributed by atoms with Crippen molar-refractivity contribution in [2.45, 2.75) is 39.5 Å². The van der Waals surface area contributed by atoms with E-state index in [1.54, 1.807) is 33.9 Å². The number of nitrogens with zero attached hydrogens (tertiary/aromatic N) is 4. The SMILES string of the molecule is C/C(N)=N/N(C)c1ccc(CNC(=O)c2nc3n(c(=O)c2O)CCOC3(C)C)c(F)c1. The van der Waals surface area contributed by atoms with E-state index in [4.69, 9.17) is 10.5 Å². The molecule has 2 heterocycles. The minimum atomic E-state index is -0.904. The number of amidine groups is 1. The van der Waals surface area contributed by atoms with E-state index in [1.807, 2.05) is 0 Å². The first kappa shape index (κ1) is 22.2. The van der Waals surface area contributed by atoms with Gasteiger partial charge in [-0.1, -0.05) is 6.07 Å². The fourth-order valence-electron chi connectivity index (χ4n) is 3.26. The monoisotopic (exact) mass is 432 g/mol. The number of nitrogens with two attached hydrogens (primary N) is 1. The molecule has 11 heteroatoms. The molecular weight excluding hydrogens is 407 g/mol. The summed E-state index contributed by atoms with van der Waals surface area (Å²) in [6.45, 7) is 5.38. The molecule has 0 bridgehead atoms. The molecule has 4 N–H and O–H groups in total. The first-order chi connectivity index (χ1) is 14.5. The summed E-state index contributed by atoms with van der Waals surface area (Å²) in [4.78, 5) is 29.3. The van der Waals surface area contributed by atoms with Crippen molar-refractivity contribution in [3.8, 4) is 5.75 Å². The Morgan fingerprint density at radius 3 is 2.84 bits per heavy atom. The van der Waals surface area contributed by atoms with Crippen molar-refractivity contribution in [1.82, 2.24) is 14.9 Å². The standard InChI is InChI=1S/C20H25FN6O4/c1-11(22)25-26(4)13-6-5-12(14(21)9-13)10-23-17(29)15-16(28)18(30)27-7-8-31-20(2,3)19(27)24-15/h5-6,9,28H,7-8,10H2,1-4H3,(H2,22,25)(H,23,29). The van der Waals surface area contributed by atoms with Gasteiger partial charge in [0, 0.05) is 19.2 Å². The van der Waals surface area contributed by atoms with Gasteiger partial charge in [0.1, 0.15) is 23.1 Å². The molecule has 0 atom stereocenters. The quantitative estimate of drug-likeness (QED) is 0.365. The normalized spacial score (nSPS) is 15.3. The lowest BCUT2D eigenvalue weighted by atomic mass is 10.1. The molecule has 1 amide bonds. The van der Waals surface area contributed by atoms with E-state index in [-0.39, 0.29) is 31.1 Å². The molecule has 1 aliphatic heterocycles. The van der Waals surface area contributed by atoms with Gasteiger partial charge in [-0.05, 0) is 32.9 Å². The minimum absolute atomic E-state index is 0.173. The highest BCUT2D eigenvalue weighted by atomic mass is 19.1. The Hall–Kier alpha value is -3.47. The van der Waals surface area contributed by atoms with Gasteiger partial charge in [-0.2, -0.15) is 5.10 Å². The smallest absolute Gasteiger partial charge is 0.296 e. The van der Waals surface area contributed by atoms with Gasteiger partial charge in [-0.15, -0.1) is 0 Å². The van der Waals surface area contributed by atoms with E-state index < -0.39 is 34.3 Å². The average Bonchev–Trinajstić information content (AvgIpc) is 2.69. The molecular formula is C20H25FN6O4. The Morgan fingerprint density at radius 2 is 2.19 bits per heavy atom. The number of nitrogens with one attached hydrogen (secondary N) is 1. The first-order valence-electron chi connectivity index (χ1n) is 9.60. The molecule has 0 saturated heterocycles. The molecule has 0 unspecified atom stereocenters. The van der Waals surface area contributed by atoms with Crippen LogP contribution in [0.1, 0.15) is 42.6 Å². The van der Waals surface area contributed by atoms with Crippen LogP contribution in [0.4, 0.5) is 10.1 Å². The van der Waals surface area contributed by atoms with Crippen molar-refractivity contribution in [2.75, 3.05) is 18.7 Å². The zero-order chi connectivity index (χ0) is 22.9. The molecule has 0 spiro atoms. The summed E-state index contributed by atoms with van der Waals surface area (Å²) in [5.41, 5.74) is 4.15. The predicted octanol–water partition coefficient (Wildman–Crippen LogP) is 1.01. The van der Waals surface area contributed by atoms with Gasteiger partial charge in [-0.25, -0.2) is 9.37 Å². The van der Waals surface area contributed by atoms with Crippen LogP contribution < -0.4 is 21.6 Å². The van der Waals surface area contributed by atoms with Crippen molar-refractivity contribution < 1.29 is 19.0 Å². The number of anilines is 1. The number of hydrazone groups is 1. The van der Waals surface area contributed by atoms with Crippen LogP contribution >= 0.6 is 0 Å². The Kier molecular flexibility index (Phi) is 5.98. The predicted molar refractivity (Wildman–Crippen MR) is 112 cm³/mol. The molecule has 1 aromatic heterocycles. The van der Waals surface area contributed by atoms with Crippen LogP contribution in [0.5, 0.6) is 5.75 Å². The molecule has 0 saturated carbocycles. The molecule has 2 aromatic rings.